The first-order valence-electron chi connectivity index (χ1n) is 8.51. The first-order valence-corrected chi connectivity index (χ1v) is 8.51. The van der Waals surface area contributed by atoms with Crippen LogP contribution in [0.1, 0.15) is 42.7 Å². The van der Waals surface area contributed by atoms with Crippen LogP contribution in [0, 0.1) is 18.7 Å². The fraction of sp³-hybridized carbons (Fsp3) is 0.500. The third kappa shape index (κ3) is 3.24. The minimum absolute atomic E-state index is 0.0256. The van der Waals surface area contributed by atoms with Crippen LogP contribution in [0.3, 0.4) is 0 Å². The first kappa shape index (κ1) is 17.1. The van der Waals surface area contributed by atoms with Crippen molar-refractivity contribution in [3.8, 4) is 0 Å². The van der Waals surface area contributed by atoms with E-state index in [0.29, 0.717) is 5.57 Å². The van der Waals surface area contributed by atoms with Gasteiger partial charge in [0.25, 0.3) is 0 Å². The third-order valence-corrected chi connectivity index (χ3v) is 5.32. The Hall–Kier alpha value is -1.71. The fourth-order valence-electron chi connectivity index (χ4n) is 3.92. The van der Waals surface area contributed by atoms with Crippen molar-refractivity contribution < 1.29 is 17.9 Å². The second kappa shape index (κ2) is 7.04. The normalized spacial score (nSPS) is 30.5. The molecule has 0 heterocycles. The molecular formula is C20H23F3O. The van der Waals surface area contributed by atoms with Gasteiger partial charge in [0.15, 0.2) is 12.3 Å². The molecule has 0 radical (unpaired) electrons. The van der Waals surface area contributed by atoms with E-state index in [1.54, 1.807) is 12.1 Å². The van der Waals surface area contributed by atoms with E-state index < -0.39 is 12.3 Å². The fourth-order valence-corrected chi connectivity index (χ4v) is 3.92. The van der Waals surface area contributed by atoms with Crippen molar-refractivity contribution in [3.63, 3.8) is 0 Å². The van der Waals surface area contributed by atoms with Gasteiger partial charge in [0, 0.05) is 0 Å². The van der Waals surface area contributed by atoms with E-state index in [1.165, 1.54) is 13.2 Å². The summed E-state index contributed by atoms with van der Waals surface area (Å²) in [5.41, 5.74) is 2.18. The Kier molecular flexibility index (Phi) is 5.02. The maximum absolute atomic E-state index is 14.4. The number of halogens is 3. The molecule has 0 aromatic heterocycles. The van der Waals surface area contributed by atoms with E-state index in [9.17, 15) is 13.2 Å². The summed E-state index contributed by atoms with van der Waals surface area (Å²) < 4.78 is 47.4. The van der Waals surface area contributed by atoms with Gasteiger partial charge in [-0.3, -0.25) is 0 Å². The summed E-state index contributed by atoms with van der Waals surface area (Å²) >= 11 is 0. The standard InChI is InChI=1S/C20H23F3O/c1-12-3-8-15(17(21)11-12)13-4-6-14(7-5-13)16-9-10-18(24-2)20(23)19(16)22/h3,8-11,13-14,19-20H,4-7H2,1-2H3. The molecule has 0 bridgehead atoms. The molecule has 1 aromatic rings. The number of methoxy groups -OCH3 is 1. The van der Waals surface area contributed by atoms with Gasteiger partial charge < -0.3 is 4.74 Å². The van der Waals surface area contributed by atoms with Gasteiger partial charge in [-0.25, -0.2) is 13.2 Å². The summed E-state index contributed by atoms with van der Waals surface area (Å²) in [7, 11) is 1.35. The van der Waals surface area contributed by atoms with Crippen molar-refractivity contribution in [2.75, 3.05) is 7.11 Å². The minimum atomic E-state index is -1.72. The summed E-state index contributed by atoms with van der Waals surface area (Å²) in [5.74, 6) is 0.0740. The van der Waals surface area contributed by atoms with Gasteiger partial charge in [0.2, 0.25) is 0 Å². The highest BCUT2D eigenvalue weighted by atomic mass is 19.2. The van der Waals surface area contributed by atoms with Crippen LogP contribution < -0.4 is 0 Å². The highest BCUT2D eigenvalue weighted by Crippen LogP contribution is 2.42. The topological polar surface area (TPSA) is 9.23 Å². The average Bonchev–Trinajstić information content (AvgIpc) is 2.58. The lowest BCUT2D eigenvalue weighted by Crippen LogP contribution is -2.30. The van der Waals surface area contributed by atoms with Crippen LogP contribution in [-0.4, -0.2) is 19.5 Å². The molecule has 24 heavy (non-hydrogen) atoms. The Morgan fingerprint density at radius 2 is 1.62 bits per heavy atom. The first-order chi connectivity index (χ1) is 11.5. The van der Waals surface area contributed by atoms with Crippen molar-refractivity contribution in [1.82, 2.24) is 0 Å². The summed E-state index contributed by atoms with van der Waals surface area (Å²) in [5, 5.41) is 0. The zero-order chi connectivity index (χ0) is 17.3. The van der Waals surface area contributed by atoms with Crippen molar-refractivity contribution in [2.45, 2.75) is 50.9 Å². The van der Waals surface area contributed by atoms with Crippen molar-refractivity contribution in [1.29, 1.82) is 0 Å². The Bertz CT molecular complexity index is 657. The number of hydrogen-bond donors (Lipinski definition) is 0. The highest BCUT2D eigenvalue weighted by molar-refractivity contribution is 5.32. The predicted octanol–water partition coefficient (Wildman–Crippen LogP) is 5.55. The van der Waals surface area contributed by atoms with Crippen LogP contribution in [0.2, 0.25) is 0 Å². The Labute approximate surface area is 141 Å². The maximum atomic E-state index is 14.4. The highest BCUT2D eigenvalue weighted by Gasteiger charge is 2.36. The second-order valence-electron chi connectivity index (χ2n) is 6.82. The predicted molar refractivity (Wildman–Crippen MR) is 88.8 cm³/mol. The van der Waals surface area contributed by atoms with E-state index in [-0.39, 0.29) is 23.4 Å². The van der Waals surface area contributed by atoms with Gasteiger partial charge in [-0.15, -0.1) is 0 Å². The van der Waals surface area contributed by atoms with E-state index in [2.05, 4.69) is 0 Å². The summed E-state index contributed by atoms with van der Waals surface area (Å²) in [6, 6.07) is 5.35. The maximum Gasteiger partial charge on any atom is 0.192 e. The van der Waals surface area contributed by atoms with E-state index >= 15 is 0 Å². The van der Waals surface area contributed by atoms with Crippen LogP contribution in [0.5, 0.6) is 0 Å². The second-order valence-corrected chi connectivity index (χ2v) is 6.82. The van der Waals surface area contributed by atoms with Crippen LogP contribution in [0.25, 0.3) is 0 Å². The summed E-state index contributed by atoms with van der Waals surface area (Å²) in [6.45, 7) is 1.87. The Morgan fingerprint density at radius 3 is 2.25 bits per heavy atom. The number of alkyl halides is 2. The average molecular weight is 336 g/mol. The molecule has 1 nitrogen and oxygen atoms in total. The molecule has 2 aliphatic rings. The molecule has 1 fully saturated rings. The van der Waals surface area contributed by atoms with Crippen LogP contribution in [-0.2, 0) is 4.74 Å². The summed E-state index contributed by atoms with van der Waals surface area (Å²) in [4.78, 5) is 0. The number of ether oxygens (including phenoxy) is 1. The van der Waals surface area contributed by atoms with Crippen molar-refractivity contribution in [3.05, 3.63) is 58.6 Å². The molecule has 0 N–H and O–H groups in total. The number of allylic oxidation sites excluding steroid dienone is 4. The van der Waals surface area contributed by atoms with Crippen LogP contribution in [0.4, 0.5) is 13.2 Å². The molecule has 1 saturated carbocycles. The number of hydrogen-bond acceptors (Lipinski definition) is 1. The van der Waals surface area contributed by atoms with E-state index in [0.717, 1.165) is 36.8 Å². The molecule has 4 heteroatoms. The molecular weight excluding hydrogens is 313 g/mol. The molecule has 0 saturated heterocycles. The monoisotopic (exact) mass is 336 g/mol. The Balaban J connectivity index is 1.69. The van der Waals surface area contributed by atoms with E-state index in [4.69, 9.17) is 4.74 Å². The molecule has 2 aliphatic carbocycles. The zero-order valence-corrected chi connectivity index (χ0v) is 14.1. The molecule has 0 aliphatic heterocycles. The molecule has 0 amide bonds. The smallest absolute Gasteiger partial charge is 0.192 e. The van der Waals surface area contributed by atoms with Crippen LogP contribution in [0.15, 0.2) is 41.7 Å². The quantitative estimate of drug-likeness (QED) is 0.703. The van der Waals surface area contributed by atoms with Crippen LogP contribution >= 0.6 is 0 Å². The number of rotatable bonds is 3. The Morgan fingerprint density at radius 1 is 0.958 bits per heavy atom. The minimum Gasteiger partial charge on any atom is -0.498 e. The van der Waals surface area contributed by atoms with Gasteiger partial charge in [0.1, 0.15) is 11.6 Å². The van der Waals surface area contributed by atoms with Crippen molar-refractivity contribution in [2.24, 2.45) is 5.92 Å². The molecule has 0 spiro atoms. The molecule has 1 aromatic carbocycles. The lowest BCUT2D eigenvalue weighted by Gasteiger charge is -2.33. The molecule has 2 atom stereocenters. The zero-order valence-electron chi connectivity index (χ0n) is 14.1. The van der Waals surface area contributed by atoms with Crippen molar-refractivity contribution >= 4 is 0 Å². The number of aryl methyl sites for hydroxylation is 1. The van der Waals surface area contributed by atoms with E-state index in [1.807, 2.05) is 19.1 Å². The SMILES string of the molecule is COC1=CC=C(C2CCC(c3ccc(C)cc3F)CC2)C(F)C1F. The molecule has 3 rings (SSSR count). The lowest BCUT2D eigenvalue weighted by atomic mass is 9.73. The third-order valence-electron chi connectivity index (χ3n) is 5.32. The molecule has 2 unspecified atom stereocenters. The number of benzene rings is 1. The van der Waals surface area contributed by atoms with Gasteiger partial charge in [-0.05, 0) is 73.3 Å². The molecule has 130 valence electrons. The van der Waals surface area contributed by atoms with Gasteiger partial charge >= 0.3 is 0 Å². The lowest BCUT2D eigenvalue weighted by molar-refractivity contribution is 0.132. The van der Waals surface area contributed by atoms with Gasteiger partial charge in [-0.1, -0.05) is 18.2 Å². The van der Waals surface area contributed by atoms with Gasteiger partial charge in [-0.2, -0.15) is 0 Å². The van der Waals surface area contributed by atoms with Gasteiger partial charge in [0.05, 0.1) is 7.11 Å². The largest absolute Gasteiger partial charge is 0.498 e. The summed E-state index contributed by atoms with van der Waals surface area (Å²) in [6.07, 6.45) is 2.95.